The van der Waals surface area contributed by atoms with Crippen LogP contribution in [0.5, 0.6) is 0 Å². The maximum atomic E-state index is 12.7. The second kappa shape index (κ2) is 9.58. The predicted octanol–water partition coefficient (Wildman–Crippen LogP) is 0.117. The van der Waals surface area contributed by atoms with E-state index in [4.69, 9.17) is 10.5 Å². The third kappa shape index (κ3) is 3.70. The molecule has 148 valence electrons. The van der Waals surface area contributed by atoms with E-state index >= 15 is 0 Å². The van der Waals surface area contributed by atoms with Crippen molar-refractivity contribution in [2.24, 2.45) is 0 Å². The van der Waals surface area contributed by atoms with E-state index in [0.29, 0.717) is 23.3 Å². The summed E-state index contributed by atoms with van der Waals surface area (Å²) in [5, 5.41) is 17.2. The third-order valence-corrected chi connectivity index (χ3v) is 5.77. The first-order valence-electron chi connectivity index (χ1n) is 8.60. The fourth-order valence-corrected chi connectivity index (χ4v) is 4.53. The summed E-state index contributed by atoms with van der Waals surface area (Å²) in [5.74, 6) is 0.449. The molecule has 0 unspecified atom stereocenters. The molecule has 3 heterocycles. The number of thioether (sulfide) groups is 1. The smallest absolute Gasteiger partial charge is 0.344 e. The van der Waals surface area contributed by atoms with Gasteiger partial charge in [0, 0.05) is 16.2 Å². The Bertz CT molecular complexity index is 1040. The molecule has 0 spiro atoms. The number of fused-ring (bicyclic) bond motifs is 1. The van der Waals surface area contributed by atoms with Gasteiger partial charge in [-0.05, 0) is 37.1 Å². The molecule has 10 heteroatoms. The molecule has 0 aromatic carbocycles. The number of hydrogen-bond donors (Lipinski definition) is 1. The number of nitrogens with two attached hydrogens (primary N) is 1. The van der Waals surface area contributed by atoms with Crippen LogP contribution in [0.3, 0.4) is 0 Å². The average molecular weight is 529 g/mol. The largest absolute Gasteiger partial charge is 1.00 e. The molecule has 0 aliphatic heterocycles. The van der Waals surface area contributed by atoms with Crippen molar-refractivity contribution in [1.82, 2.24) is 9.61 Å². The summed E-state index contributed by atoms with van der Waals surface area (Å²) < 4.78 is 8.67. The highest BCUT2D eigenvalue weighted by atomic mass is 127. The molecule has 7 nitrogen and oxygen atoms in total. The summed E-state index contributed by atoms with van der Waals surface area (Å²) in [6, 6.07) is 6.02. The lowest BCUT2D eigenvalue weighted by molar-refractivity contribution is -0.706. The number of halogens is 1. The molecule has 3 rings (SSSR count). The molecule has 0 aliphatic carbocycles. The number of thiophene rings is 1. The van der Waals surface area contributed by atoms with Crippen molar-refractivity contribution >= 4 is 40.5 Å². The summed E-state index contributed by atoms with van der Waals surface area (Å²) in [6.45, 7) is 6.60. The molecular formula is C18H20IN5O2S2. The van der Waals surface area contributed by atoms with E-state index in [9.17, 15) is 10.1 Å². The summed E-state index contributed by atoms with van der Waals surface area (Å²) >= 11 is 3.00. The Morgan fingerprint density at radius 1 is 1.46 bits per heavy atom. The lowest BCUT2D eigenvalue weighted by Crippen LogP contribution is -3.00. The number of nitrogen functional groups attached to an aromatic ring is 1. The number of pyridine rings is 1. The molecule has 2 N–H and O–H groups in total. The van der Waals surface area contributed by atoms with Crippen molar-refractivity contribution in [3.8, 4) is 16.5 Å². The number of nitriles is 1. The Labute approximate surface area is 188 Å². The zero-order valence-electron chi connectivity index (χ0n) is 15.7. The van der Waals surface area contributed by atoms with Gasteiger partial charge in [0.05, 0.1) is 18.3 Å². The number of esters is 1. The van der Waals surface area contributed by atoms with Gasteiger partial charge < -0.3 is 34.4 Å². The summed E-state index contributed by atoms with van der Waals surface area (Å²) in [4.78, 5) is 13.5. The van der Waals surface area contributed by atoms with E-state index in [-0.39, 0.29) is 42.0 Å². The van der Waals surface area contributed by atoms with Crippen LogP contribution in [-0.2, 0) is 11.3 Å². The lowest BCUT2D eigenvalue weighted by Gasteiger charge is -2.11. The van der Waals surface area contributed by atoms with E-state index in [1.165, 1.54) is 15.9 Å². The Balaban J connectivity index is 0.00000280. The zero-order chi connectivity index (χ0) is 19.6. The first-order chi connectivity index (χ1) is 13.1. The van der Waals surface area contributed by atoms with Crippen LogP contribution in [0.2, 0.25) is 0 Å². The van der Waals surface area contributed by atoms with E-state index < -0.39 is 5.97 Å². The Kier molecular flexibility index (Phi) is 7.68. The number of aryl methyl sites for hydroxylation is 1. The fourth-order valence-electron chi connectivity index (χ4n) is 2.98. The SMILES string of the molecule is CCOC(=O)c1c(-c2cccs2)c(C#N)c2n(nc(SCC)[n+]2CC)c1N.[I-]. The van der Waals surface area contributed by atoms with Gasteiger partial charge in [0.15, 0.2) is 0 Å². The minimum absolute atomic E-state index is 0. The highest BCUT2D eigenvalue weighted by molar-refractivity contribution is 7.99. The van der Waals surface area contributed by atoms with Crippen molar-refractivity contribution in [3.63, 3.8) is 0 Å². The topological polar surface area (TPSA) is 97.3 Å². The minimum atomic E-state index is -0.556. The molecular weight excluding hydrogens is 509 g/mol. The summed E-state index contributed by atoms with van der Waals surface area (Å²) in [6.07, 6.45) is 0. The number of hydrogen-bond acceptors (Lipinski definition) is 7. The quantitative estimate of drug-likeness (QED) is 0.211. The van der Waals surface area contributed by atoms with E-state index in [1.54, 1.807) is 18.7 Å². The van der Waals surface area contributed by atoms with Crippen LogP contribution >= 0.6 is 23.1 Å². The van der Waals surface area contributed by atoms with Crippen LogP contribution in [0.4, 0.5) is 5.82 Å². The van der Waals surface area contributed by atoms with Crippen molar-refractivity contribution in [2.75, 3.05) is 18.1 Å². The van der Waals surface area contributed by atoms with Crippen LogP contribution in [0.1, 0.15) is 36.7 Å². The molecule has 0 aliphatic rings. The second-order valence-electron chi connectivity index (χ2n) is 5.52. The van der Waals surface area contributed by atoms with Crippen molar-refractivity contribution < 1.29 is 38.1 Å². The summed E-state index contributed by atoms with van der Waals surface area (Å²) in [5.41, 5.74) is 8.03. The molecule has 3 aromatic heterocycles. The highest BCUT2D eigenvalue weighted by Gasteiger charge is 2.34. The molecule has 0 amide bonds. The van der Waals surface area contributed by atoms with Gasteiger partial charge in [-0.1, -0.05) is 17.5 Å². The molecule has 0 bridgehead atoms. The molecule has 0 saturated heterocycles. The van der Waals surface area contributed by atoms with Crippen LogP contribution in [0.15, 0.2) is 22.7 Å². The van der Waals surface area contributed by atoms with E-state index in [2.05, 4.69) is 11.2 Å². The van der Waals surface area contributed by atoms with Crippen molar-refractivity contribution in [3.05, 3.63) is 28.6 Å². The maximum absolute atomic E-state index is 12.7. The Morgan fingerprint density at radius 3 is 2.75 bits per heavy atom. The number of aromatic nitrogens is 3. The monoisotopic (exact) mass is 529 g/mol. The molecule has 0 saturated carbocycles. The Hall–Kier alpha value is -1.84. The van der Waals surface area contributed by atoms with Gasteiger partial charge in [0.1, 0.15) is 17.2 Å². The van der Waals surface area contributed by atoms with Gasteiger partial charge in [-0.3, -0.25) is 0 Å². The minimum Gasteiger partial charge on any atom is -1.00 e. The van der Waals surface area contributed by atoms with Gasteiger partial charge >= 0.3 is 11.1 Å². The molecule has 28 heavy (non-hydrogen) atoms. The third-order valence-electron chi connectivity index (χ3n) is 4.03. The highest BCUT2D eigenvalue weighted by Crippen LogP contribution is 2.36. The number of anilines is 1. The first kappa shape index (κ1) is 22.4. The predicted molar refractivity (Wildman–Crippen MR) is 106 cm³/mol. The van der Waals surface area contributed by atoms with Crippen LogP contribution in [0, 0.1) is 11.3 Å². The van der Waals surface area contributed by atoms with E-state index in [1.807, 2.05) is 35.9 Å². The second-order valence-corrected chi connectivity index (χ2v) is 7.69. The summed E-state index contributed by atoms with van der Waals surface area (Å²) in [7, 11) is 0. The van der Waals surface area contributed by atoms with Gasteiger partial charge in [0.2, 0.25) is 5.82 Å². The molecule has 3 aromatic rings. The Morgan fingerprint density at radius 2 is 2.21 bits per heavy atom. The zero-order valence-corrected chi connectivity index (χ0v) is 19.5. The van der Waals surface area contributed by atoms with Gasteiger partial charge in [-0.2, -0.15) is 5.26 Å². The molecule has 0 radical (unpaired) electrons. The number of rotatable bonds is 6. The average Bonchev–Trinajstić information content (AvgIpc) is 3.30. The number of nitrogens with zero attached hydrogens (tertiary/aromatic N) is 4. The standard InChI is InChI=1S/C18H19N5O2S2.HI/c1-4-22-16-11(10-19)13(12-8-7-9-27-12)14(17(24)25-5-2)15(20)23(16)21-18(22)26-6-3;/h7-9,20H,4-6H2,1-3H3;1H. The number of carbonyl (C=O) groups is 1. The van der Waals surface area contributed by atoms with Crippen LogP contribution < -0.4 is 34.3 Å². The molecule has 0 fully saturated rings. The number of carbonyl (C=O) groups excluding carboxylic acids is 1. The number of ether oxygens (including phenoxy) is 1. The maximum Gasteiger partial charge on any atom is 0.344 e. The van der Waals surface area contributed by atoms with E-state index in [0.717, 1.165) is 15.8 Å². The molecule has 0 atom stereocenters. The van der Waals surface area contributed by atoms with Crippen molar-refractivity contribution in [1.29, 1.82) is 5.26 Å². The first-order valence-corrected chi connectivity index (χ1v) is 10.5. The lowest BCUT2D eigenvalue weighted by atomic mass is 10.0. The van der Waals surface area contributed by atoms with Crippen LogP contribution in [-0.4, -0.2) is 27.9 Å². The van der Waals surface area contributed by atoms with Crippen LogP contribution in [0.25, 0.3) is 16.1 Å². The normalized spacial score (nSPS) is 10.5. The van der Waals surface area contributed by atoms with Gasteiger partial charge in [0.25, 0.3) is 5.65 Å². The van der Waals surface area contributed by atoms with Gasteiger partial charge in [-0.25, -0.2) is 9.36 Å². The van der Waals surface area contributed by atoms with Gasteiger partial charge in [-0.15, -0.1) is 11.3 Å². The fraction of sp³-hybridized carbons (Fsp3) is 0.333. The van der Waals surface area contributed by atoms with Crippen molar-refractivity contribution in [2.45, 2.75) is 32.5 Å².